The normalized spacial score (nSPS) is 17.1. The smallest absolute Gasteiger partial charge is 0.324 e. The van der Waals surface area contributed by atoms with Gasteiger partial charge in [0.1, 0.15) is 6.04 Å². The first-order chi connectivity index (χ1) is 9.74. The molecule has 4 nitrogen and oxygen atoms in total. The number of methoxy groups -OCH3 is 1. The Hall–Kier alpha value is -1.39. The molecular weight excluding hydrogens is 252 g/mol. The van der Waals surface area contributed by atoms with Crippen LogP contribution in [0.15, 0.2) is 24.3 Å². The van der Waals surface area contributed by atoms with Crippen LogP contribution in [0.4, 0.5) is 0 Å². The van der Waals surface area contributed by atoms with Gasteiger partial charge in [0.15, 0.2) is 0 Å². The zero-order valence-electron chi connectivity index (χ0n) is 12.4. The fourth-order valence-corrected chi connectivity index (χ4v) is 2.77. The van der Waals surface area contributed by atoms with E-state index in [9.17, 15) is 4.79 Å². The van der Waals surface area contributed by atoms with E-state index in [1.54, 1.807) is 0 Å². The van der Waals surface area contributed by atoms with Crippen LogP contribution in [0.1, 0.15) is 18.1 Å². The maximum absolute atomic E-state index is 11.8. The zero-order valence-corrected chi connectivity index (χ0v) is 12.4. The fourth-order valence-electron chi connectivity index (χ4n) is 2.77. The van der Waals surface area contributed by atoms with E-state index in [4.69, 9.17) is 4.74 Å². The third-order valence-corrected chi connectivity index (χ3v) is 3.89. The van der Waals surface area contributed by atoms with Crippen molar-refractivity contribution in [2.45, 2.75) is 25.8 Å². The fraction of sp³-hybridized carbons (Fsp3) is 0.562. The highest BCUT2D eigenvalue weighted by Gasteiger charge is 2.22. The second-order valence-electron chi connectivity index (χ2n) is 5.20. The molecule has 1 unspecified atom stereocenters. The quantitative estimate of drug-likeness (QED) is 0.822. The van der Waals surface area contributed by atoms with E-state index in [0.29, 0.717) is 6.54 Å². The summed E-state index contributed by atoms with van der Waals surface area (Å²) in [6, 6.07) is 8.39. The number of fused-ring (bicyclic) bond motifs is 1. The maximum Gasteiger partial charge on any atom is 0.324 e. The third kappa shape index (κ3) is 3.81. The first-order valence-corrected chi connectivity index (χ1v) is 7.35. The number of nitrogens with zero attached hydrogens (tertiary/aromatic N) is 1. The van der Waals surface area contributed by atoms with Crippen molar-refractivity contribution in [2.75, 3.05) is 33.3 Å². The van der Waals surface area contributed by atoms with Gasteiger partial charge in [-0.15, -0.1) is 0 Å². The molecule has 4 heteroatoms. The van der Waals surface area contributed by atoms with Gasteiger partial charge in [-0.05, 0) is 30.5 Å². The number of hydrogen-bond donors (Lipinski definition) is 1. The summed E-state index contributed by atoms with van der Waals surface area (Å²) in [5.74, 6) is -0.173. The summed E-state index contributed by atoms with van der Waals surface area (Å²) in [6.07, 6.45) is 2.10. The highest BCUT2D eigenvalue weighted by atomic mass is 16.5. The Morgan fingerprint density at radius 1 is 1.30 bits per heavy atom. The summed E-state index contributed by atoms with van der Waals surface area (Å²) in [5, 5.41) is 3.21. The molecule has 1 aromatic rings. The number of benzene rings is 1. The Morgan fingerprint density at radius 3 is 2.40 bits per heavy atom. The molecule has 0 saturated carbocycles. The van der Waals surface area contributed by atoms with Crippen molar-refractivity contribution in [3.05, 3.63) is 35.4 Å². The predicted molar refractivity (Wildman–Crippen MR) is 79.8 cm³/mol. The highest BCUT2D eigenvalue weighted by molar-refractivity contribution is 5.75. The van der Waals surface area contributed by atoms with E-state index >= 15 is 0 Å². The van der Waals surface area contributed by atoms with E-state index in [1.165, 1.54) is 18.2 Å². The Morgan fingerprint density at radius 2 is 1.90 bits per heavy atom. The second-order valence-corrected chi connectivity index (χ2v) is 5.20. The lowest BCUT2D eigenvalue weighted by molar-refractivity contribution is -0.143. The molecular formula is C16H24N2O2. The van der Waals surface area contributed by atoms with Crippen LogP contribution in [0, 0.1) is 0 Å². The van der Waals surface area contributed by atoms with Gasteiger partial charge in [0.2, 0.25) is 0 Å². The van der Waals surface area contributed by atoms with Crippen molar-refractivity contribution in [1.82, 2.24) is 10.2 Å². The molecule has 2 rings (SSSR count). The first kappa shape index (κ1) is 15.0. The molecule has 1 atom stereocenters. The molecule has 20 heavy (non-hydrogen) atoms. The topological polar surface area (TPSA) is 41.6 Å². The first-order valence-electron chi connectivity index (χ1n) is 7.35. The summed E-state index contributed by atoms with van der Waals surface area (Å²) in [4.78, 5) is 14.1. The van der Waals surface area contributed by atoms with Crippen molar-refractivity contribution < 1.29 is 9.53 Å². The maximum atomic E-state index is 11.8. The lowest BCUT2D eigenvalue weighted by Gasteiger charge is -2.25. The number of carbonyl (C=O) groups is 1. The number of likely N-dealkylation sites (N-methyl/N-ethyl adjacent to an activating group) is 1. The van der Waals surface area contributed by atoms with Gasteiger partial charge >= 0.3 is 5.97 Å². The van der Waals surface area contributed by atoms with E-state index in [1.807, 2.05) is 6.92 Å². The van der Waals surface area contributed by atoms with Crippen LogP contribution in [0.25, 0.3) is 0 Å². The predicted octanol–water partition coefficient (Wildman–Crippen LogP) is 1.24. The van der Waals surface area contributed by atoms with Crippen molar-refractivity contribution >= 4 is 5.97 Å². The molecule has 1 aliphatic heterocycles. The van der Waals surface area contributed by atoms with Gasteiger partial charge in [-0.2, -0.15) is 0 Å². The summed E-state index contributed by atoms with van der Waals surface area (Å²) >= 11 is 0. The molecule has 0 bridgehead atoms. The van der Waals surface area contributed by atoms with Crippen molar-refractivity contribution in [2.24, 2.45) is 0 Å². The summed E-state index contributed by atoms with van der Waals surface area (Å²) in [5.41, 5.74) is 2.88. The van der Waals surface area contributed by atoms with Crippen LogP contribution in [-0.4, -0.2) is 50.2 Å². The number of nitrogens with one attached hydrogen (secondary N) is 1. The van der Waals surface area contributed by atoms with Crippen molar-refractivity contribution in [1.29, 1.82) is 0 Å². The number of carbonyl (C=O) groups excluding carboxylic acids is 1. The van der Waals surface area contributed by atoms with Gasteiger partial charge in [-0.1, -0.05) is 31.2 Å². The molecule has 0 radical (unpaired) electrons. The van der Waals surface area contributed by atoms with Gasteiger partial charge in [0.25, 0.3) is 0 Å². The van der Waals surface area contributed by atoms with E-state index in [2.05, 4.69) is 34.5 Å². The van der Waals surface area contributed by atoms with Crippen molar-refractivity contribution in [3.63, 3.8) is 0 Å². The molecule has 1 aliphatic rings. The van der Waals surface area contributed by atoms with Gasteiger partial charge in [0, 0.05) is 19.6 Å². The number of rotatable bonds is 5. The minimum atomic E-state index is -0.230. The van der Waals surface area contributed by atoms with Crippen LogP contribution in [0.3, 0.4) is 0 Å². The summed E-state index contributed by atoms with van der Waals surface area (Å²) in [7, 11) is 1.45. The van der Waals surface area contributed by atoms with Crippen LogP contribution in [-0.2, 0) is 22.4 Å². The van der Waals surface area contributed by atoms with Gasteiger partial charge in [0.05, 0.1) is 7.11 Å². The van der Waals surface area contributed by atoms with Gasteiger partial charge in [-0.25, -0.2) is 0 Å². The van der Waals surface area contributed by atoms with Crippen LogP contribution >= 0.6 is 0 Å². The Balaban J connectivity index is 1.96. The molecule has 0 saturated heterocycles. The molecule has 0 aliphatic carbocycles. The number of ether oxygens (including phenoxy) is 1. The lowest BCUT2D eigenvalue weighted by Crippen LogP contribution is -2.47. The number of hydrogen-bond acceptors (Lipinski definition) is 4. The molecule has 0 fully saturated rings. The van der Waals surface area contributed by atoms with Crippen LogP contribution in [0.5, 0.6) is 0 Å². The van der Waals surface area contributed by atoms with E-state index in [0.717, 1.165) is 32.5 Å². The Labute approximate surface area is 121 Å². The van der Waals surface area contributed by atoms with Crippen LogP contribution < -0.4 is 5.32 Å². The summed E-state index contributed by atoms with van der Waals surface area (Å²) in [6.45, 7) is 5.49. The largest absolute Gasteiger partial charge is 0.468 e. The highest BCUT2D eigenvalue weighted by Crippen LogP contribution is 2.15. The number of esters is 1. The summed E-state index contributed by atoms with van der Waals surface area (Å²) < 4.78 is 4.87. The Bertz CT molecular complexity index is 421. The van der Waals surface area contributed by atoms with E-state index in [-0.39, 0.29) is 12.0 Å². The third-order valence-electron chi connectivity index (χ3n) is 3.89. The second kappa shape index (κ2) is 7.41. The zero-order chi connectivity index (χ0) is 14.4. The van der Waals surface area contributed by atoms with Gasteiger partial charge in [-0.3, -0.25) is 4.79 Å². The minimum Gasteiger partial charge on any atom is -0.468 e. The Kier molecular flexibility index (Phi) is 5.56. The van der Waals surface area contributed by atoms with Crippen molar-refractivity contribution in [3.8, 4) is 0 Å². The monoisotopic (exact) mass is 276 g/mol. The molecule has 1 aromatic carbocycles. The van der Waals surface area contributed by atoms with Gasteiger partial charge < -0.3 is 15.0 Å². The molecule has 0 spiro atoms. The molecule has 110 valence electrons. The standard InChI is InChI=1S/C16H24N2O2/c1-3-17-15(16(19)20-2)12-18-10-8-13-6-4-5-7-14(13)9-11-18/h4-7,15,17H,3,8-12H2,1-2H3. The molecule has 0 amide bonds. The SMILES string of the molecule is CCNC(CN1CCc2ccccc2CC1)C(=O)OC. The van der Waals surface area contributed by atoms with E-state index < -0.39 is 0 Å². The molecule has 1 heterocycles. The van der Waals surface area contributed by atoms with Crippen LogP contribution in [0.2, 0.25) is 0 Å². The average molecular weight is 276 g/mol. The molecule has 0 aromatic heterocycles. The molecule has 1 N–H and O–H groups in total. The lowest BCUT2D eigenvalue weighted by atomic mass is 10.0. The average Bonchev–Trinajstić information content (AvgIpc) is 2.69. The minimum absolute atomic E-state index is 0.173.